The Morgan fingerprint density at radius 1 is 1.50 bits per heavy atom. The van der Waals surface area contributed by atoms with Crippen LogP contribution in [0.4, 0.5) is 0 Å². The van der Waals surface area contributed by atoms with E-state index < -0.39 is 0 Å². The van der Waals surface area contributed by atoms with Crippen LogP contribution in [0.15, 0.2) is 0 Å². The monoisotopic (exact) mass is 222 g/mol. The van der Waals surface area contributed by atoms with Crippen LogP contribution in [0.2, 0.25) is 0 Å². The maximum Gasteiger partial charge on any atom is 0.222 e. The largest absolute Gasteiger partial charge is 0.342 e. The number of nitrogens with zero attached hydrogens (tertiary/aromatic N) is 2. The molecule has 1 aliphatic rings. The van der Waals surface area contributed by atoms with Gasteiger partial charge in [0.05, 0.1) is 12.5 Å². The minimum absolute atomic E-state index is 0.0427. The Balaban J connectivity index is 2.25. The summed E-state index contributed by atoms with van der Waals surface area (Å²) in [7, 11) is 1.80. The van der Waals surface area contributed by atoms with Crippen molar-refractivity contribution in [2.75, 3.05) is 7.05 Å². The maximum atomic E-state index is 11.8. The smallest absolute Gasteiger partial charge is 0.222 e. The summed E-state index contributed by atoms with van der Waals surface area (Å²) >= 11 is 0. The first-order valence-electron chi connectivity index (χ1n) is 6.27. The van der Waals surface area contributed by atoms with E-state index in [0.29, 0.717) is 12.8 Å². The lowest BCUT2D eigenvalue weighted by atomic mass is 10.0. The van der Waals surface area contributed by atoms with E-state index in [-0.39, 0.29) is 11.9 Å². The van der Waals surface area contributed by atoms with Crippen LogP contribution in [0.1, 0.15) is 51.9 Å². The van der Waals surface area contributed by atoms with E-state index in [1.54, 1.807) is 11.9 Å². The number of carbonyl (C=O) groups excluding carboxylic acids is 1. The Labute approximate surface area is 98.4 Å². The molecule has 3 heteroatoms. The van der Waals surface area contributed by atoms with E-state index in [2.05, 4.69) is 6.07 Å². The Bertz CT molecular complexity index is 264. The summed E-state index contributed by atoms with van der Waals surface area (Å²) in [6, 6.07) is 2.15. The molecule has 16 heavy (non-hydrogen) atoms. The average molecular weight is 222 g/mol. The highest BCUT2D eigenvalue weighted by molar-refractivity contribution is 5.76. The number of hydrogen-bond acceptors (Lipinski definition) is 2. The van der Waals surface area contributed by atoms with E-state index in [9.17, 15) is 4.79 Å². The van der Waals surface area contributed by atoms with Gasteiger partial charge in [0.25, 0.3) is 0 Å². The molecule has 3 nitrogen and oxygen atoms in total. The fraction of sp³-hybridized carbons (Fsp3) is 0.846. The molecule has 0 N–H and O–H groups in total. The topological polar surface area (TPSA) is 44.1 Å². The van der Waals surface area contributed by atoms with Crippen LogP contribution < -0.4 is 0 Å². The van der Waals surface area contributed by atoms with E-state index >= 15 is 0 Å². The SMILES string of the molecule is CC(CC#N)N(C)C(=O)CCC1CCCC1. The first-order chi connectivity index (χ1) is 7.65. The fourth-order valence-electron chi connectivity index (χ4n) is 2.32. The van der Waals surface area contributed by atoms with Gasteiger partial charge in [-0.1, -0.05) is 25.7 Å². The maximum absolute atomic E-state index is 11.8. The lowest BCUT2D eigenvalue weighted by molar-refractivity contribution is -0.131. The molecule has 0 aromatic rings. The van der Waals surface area contributed by atoms with E-state index in [1.165, 1.54) is 25.7 Å². The van der Waals surface area contributed by atoms with Gasteiger partial charge in [0.2, 0.25) is 5.91 Å². The molecule has 90 valence electrons. The summed E-state index contributed by atoms with van der Waals surface area (Å²) in [5, 5.41) is 8.58. The Morgan fingerprint density at radius 3 is 2.69 bits per heavy atom. The second-order valence-corrected chi connectivity index (χ2v) is 4.91. The summed E-state index contributed by atoms with van der Waals surface area (Å²) in [4.78, 5) is 13.6. The van der Waals surface area contributed by atoms with Crippen LogP contribution in [0.25, 0.3) is 0 Å². The third-order valence-corrected chi connectivity index (χ3v) is 3.68. The molecule has 1 unspecified atom stereocenters. The Hall–Kier alpha value is -1.04. The van der Waals surface area contributed by atoms with Gasteiger partial charge in [0.1, 0.15) is 0 Å². The first kappa shape index (κ1) is 13.0. The molecule has 0 aromatic heterocycles. The first-order valence-corrected chi connectivity index (χ1v) is 6.27. The number of carbonyl (C=O) groups is 1. The van der Waals surface area contributed by atoms with Crippen LogP contribution in [0.3, 0.4) is 0 Å². The van der Waals surface area contributed by atoms with Gasteiger partial charge in [-0.3, -0.25) is 4.79 Å². The minimum atomic E-state index is 0.0427. The van der Waals surface area contributed by atoms with Gasteiger partial charge >= 0.3 is 0 Å². The molecule has 0 spiro atoms. The molecule has 1 rings (SSSR count). The number of rotatable bonds is 5. The third kappa shape index (κ3) is 3.84. The van der Waals surface area contributed by atoms with Crippen LogP contribution in [0.5, 0.6) is 0 Å². The standard InChI is InChI=1S/C13H22N2O/c1-11(9-10-14)15(2)13(16)8-7-12-5-3-4-6-12/h11-12H,3-9H2,1-2H3. The molecule has 1 fully saturated rings. The second kappa shape index (κ2) is 6.52. The molecule has 0 aromatic carbocycles. The lowest BCUT2D eigenvalue weighted by Crippen LogP contribution is -2.34. The van der Waals surface area contributed by atoms with Crippen molar-refractivity contribution in [1.29, 1.82) is 5.26 Å². The van der Waals surface area contributed by atoms with Crippen molar-refractivity contribution in [3.8, 4) is 6.07 Å². The van der Waals surface area contributed by atoms with Crippen molar-refractivity contribution in [2.24, 2.45) is 5.92 Å². The molecule has 1 saturated carbocycles. The van der Waals surface area contributed by atoms with E-state index in [0.717, 1.165) is 12.3 Å². The molecular formula is C13H22N2O. The van der Waals surface area contributed by atoms with E-state index in [1.807, 2.05) is 6.92 Å². The minimum Gasteiger partial charge on any atom is -0.342 e. The van der Waals surface area contributed by atoms with Crippen molar-refractivity contribution in [2.45, 2.75) is 57.9 Å². The quantitative estimate of drug-likeness (QED) is 0.718. The average Bonchev–Trinajstić information content (AvgIpc) is 2.78. The zero-order valence-corrected chi connectivity index (χ0v) is 10.4. The number of hydrogen-bond donors (Lipinski definition) is 0. The highest BCUT2D eigenvalue weighted by atomic mass is 16.2. The molecule has 0 radical (unpaired) electrons. The zero-order valence-electron chi connectivity index (χ0n) is 10.4. The number of amides is 1. The molecule has 1 aliphatic carbocycles. The summed E-state index contributed by atoms with van der Waals surface area (Å²) < 4.78 is 0. The third-order valence-electron chi connectivity index (χ3n) is 3.68. The van der Waals surface area contributed by atoms with Crippen molar-refractivity contribution in [3.63, 3.8) is 0 Å². The molecule has 0 heterocycles. The lowest BCUT2D eigenvalue weighted by Gasteiger charge is -2.23. The molecule has 0 saturated heterocycles. The Morgan fingerprint density at radius 2 is 2.12 bits per heavy atom. The molecular weight excluding hydrogens is 200 g/mol. The predicted octanol–water partition coefficient (Wildman–Crippen LogP) is 2.72. The highest BCUT2D eigenvalue weighted by Gasteiger charge is 2.19. The van der Waals surface area contributed by atoms with Crippen molar-refractivity contribution in [1.82, 2.24) is 4.90 Å². The fourth-order valence-corrected chi connectivity index (χ4v) is 2.32. The Kier molecular flexibility index (Phi) is 5.31. The van der Waals surface area contributed by atoms with Gasteiger partial charge in [-0.05, 0) is 19.3 Å². The summed E-state index contributed by atoms with van der Waals surface area (Å²) in [5.41, 5.74) is 0. The van der Waals surface area contributed by atoms with E-state index in [4.69, 9.17) is 5.26 Å². The van der Waals surface area contributed by atoms with Gasteiger partial charge < -0.3 is 4.90 Å². The van der Waals surface area contributed by atoms with Crippen LogP contribution in [-0.4, -0.2) is 23.9 Å². The predicted molar refractivity (Wildman–Crippen MR) is 63.7 cm³/mol. The normalized spacial score (nSPS) is 18.1. The van der Waals surface area contributed by atoms with Crippen LogP contribution in [0, 0.1) is 17.2 Å². The van der Waals surface area contributed by atoms with Crippen molar-refractivity contribution in [3.05, 3.63) is 0 Å². The van der Waals surface area contributed by atoms with Crippen LogP contribution in [-0.2, 0) is 4.79 Å². The summed E-state index contributed by atoms with van der Waals surface area (Å²) in [6.07, 6.45) is 7.36. The summed E-state index contributed by atoms with van der Waals surface area (Å²) in [5.74, 6) is 0.957. The molecule has 0 bridgehead atoms. The van der Waals surface area contributed by atoms with Crippen molar-refractivity contribution >= 4 is 5.91 Å². The van der Waals surface area contributed by atoms with Gasteiger partial charge in [-0.25, -0.2) is 0 Å². The molecule has 0 aliphatic heterocycles. The van der Waals surface area contributed by atoms with Gasteiger partial charge in [0.15, 0.2) is 0 Å². The van der Waals surface area contributed by atoms with Gasteiger partial charge in [-0.15, -0.1) is 0 Å². The van der Waals surface area contributed by atoms with Crippen LogP contribution >= 0.6 is 0 Å². The van der Waals surface area contributed by atoms with Gasteiger partial charge in [-0.2, -0.15) is 5.26 Å². The summed E-state index contributed by atoms with van der Waals surface area (Å²) in [6.45, 7) is 1.93. The second-order valence-electron chi connectivity index (χ2n) is 4.91. The molecule has 1 atom stereocenters. The van der Waals surface area contributed by atoms with Gasteiger partial charge in [0, 0.05) is 19.5 Å². The number of nitriles is 1. The molecule has 1 amide bonds. The highest BCUT2D eigenvalue weighted by Crippen LogP contribution is 2.28. The van der Waals surface area contributed by atoms with Crippen molar-refractivity contribution < 1.29 is 4.79 Å². The zero-order chi connectivity index (χ0) is 12.0.